The predicted molar refractivity (Wildman–Crippen MR) is 93.8 cm³/mol. The Bertz CT molecular complexity index is 519. The molecule has 0 spiro atoms. The number of nitrogens with one attached hydrogen (secondary N) is 1. The van der Waals surface area contributed by atoms with E-state index >= 15 is 0 Å². The third-order valence-electron chi connectivity index (χ3n) is 4.38. The normalized spacial score (nSPS) is 13.6. The van der Waals surface area contributed by atoms with Crippen molar-refractivity contribution < 1.29 is 9.90 Å². The number of amides is 2. The highest BCUT2D eigenvalue weighted by Gasteiger charge is 2.15. The summed E-state index contributed by atoms with van der Waals surface area (Å²) in [5.41, 5.74) is 3.80. The van der Waals surface area contributed by atoms with Gasteiger partial charge in [0.2, 0.25) is 0 Å². The van der Waals surface area contributed by atoms with Crippen LogP contribution in [0.25, 0.3) is 0 Å². The molecule has 23 heavy (non-hydrogen) atoms. The highest BCUT2D eigenvalue weighted by atomic mass is 16.3. The Hall–Kier alpha value is -1.75. The number of hydrogen-bond acceptors (Lipinski definition) is 3. The lowest BCUT2D eigenvalue weighted by Crippen LogP contribution is -2.41. The summed E-state index contributed by atoms with van der Waals surface area (Å²) in [7, 11) is 2.12. The fourth-order valence-corrected chi connectivity index (χ4v) is 3.02. The topological polar surface area (TPSA) is 55.8 Å². The molecule has 1 aliphatic rings. The summed E-state index contributed by atoms with van der Waals surface area (Å²) in [6.45, 7) is 4.82. The van der Waals surface area contributed by atoms with Crippen LogP contribution in [0.2, 0.25) is 0 Å². The van der Waals surface area contributed by atoms with E-state index in [2.05, 4.69) is 42.4 Å². The standard InChI is InChI=1S/C18H29N3O2/c1-3-4-10-21(11-12-22)18(23)19-14-15-7-8-17-16(13-15)6-5-9-20(17)2/h7-8,13,22H,3-6,9-12,14H2,1-2H3,(H,19,23). The highest BCUT2D eigenvalue weighted by molar-refractivity contribution is 5.74. The minimum atomic E-state index is -0.0951. The summed E-state index contributed by atoms with van der Waals surface area (Å²) < 4.78 is 0. The summed E-state index contributed by atoms with van der Waals surface area (Å²) >= 11 is 0. The molecule has 0 aromatic heterocycles. The Balaban J connectivity index is 1.93. The molecule has 1 aromatic rings. The number of nitrogens with zero attached hydrogens (tertiary/aromatic N) is 2. The monoisotopic (exact) mass is 319 g/mol. The lowest BCUT2D eigenvalue weighted by atomic mass is 9.99. The van der Waals surface area contributed by atoms with E-state index in [4.69, 9.17) is 5.11 Å². The number of anilines is 1. The largest absolute Gasteiger partial charge is 0.395 e. The zero-order valence-electron chi connectivity index (χ0n) is 14.3. The molecule has 0 fully saturated rings. The molecular formula is C18H29N3O2. The lowest BCUT2D eigenvalue weighted by molar-refractivity contribution is 0.176. The van der Waals surface area contributed by atoms with Crippen molar-refractivity contribution in [1.29, 1.82) is 0 Å². The predicted octanol–water partition coefficient (Wildman–Crippen LogP) is 2.37. The Kier molecular flexibility index (Phi) is 6.71. The molecule has 1 aliphatic heterocycles. The molecule has 5 nitrogen and oxygen atoms in total. The van der Waals surface area contributed by atoms with Gasteiger partial charge in [-0.3, -0.25) is 0 Å². The number of carbonyl (C=O) groups is 1. The number of aliphatic hydroxyl groups excluding tert-OH is 1. The van der Waals surface area contributed by atoms with E-state index in [1.807, 2.05) is 0 Å². The number of carbonyl (C=O) groups excluding carboxylic acids is 1. The molecule has 5 heteroatoms. The molecule has 0 aliphatic carbocycles. The van der Waals surface area contributed by atoms with Crippen LogP contribution in [0.1, 0.15) is 37.3 Å². The van der Waals surface area contributed by atoms with Gasteiger partial charge in [-0.1, -0.05) is 25.5 Å². The van der Waals surface area contributed by atoms with Crippen LogP contribution >= 0.6 is 0 Å². The maximum atomic E-state index is 12.2. The van der Waals surface area contributed by atoms with Crippen LogP contribution in [0.5, 0.6) is 0 Å². The van der Waals surface area contributed by atoms with Crippen LogP contribution < -0.4 is 10.2 Å². The summed E-state index contributed by atoms with van der Waals surface area (Å²) in [4.78, 5) is 16.2. The van der Waals surface area contributed by atoms with Crippen molar-refractivity contribution in [1.82, 2.24) is 10.2 Å². The highest BCUT2D eigenvalue weighted by Crippen LogP contribution is 2.26. The molecule has 0 bridgehead atoms. The zero-order valence-corrected chi connectivity index (χ0v) is 14.3. The van der Waals surface area contributed by atoms with Crippen molar-refractivity contribution in [3.05, 3.63) is 29.3 Å². The molecule has 1 aromatic carbocycles. The molecule has 0 saturated heterocycles. The average molecular weight is 319 g/mol. The first-order valence-corrected chi connectivity index (χ1v) is 8.62. The number of hydrogen-bond donors (Lipinski definition) is 2. The van der Waals surface area contributed by atoms with Gasteiger partial charge >= 0.3 is 6.03 Å². The number of rotatable bonds is 7. The molecule has 0 radical (unpaired) electrons. The molecule has 2 N–H and O–H groups in total. The second kappa shape index (κ2) is 8.77. The van der Waals surface area contributed by atoms with Gasteiger partial charge in [-0.15, -0.1) is 0 Å². The van der Waals surface area contributed by atoms with Gasteiger partial charge in [0.1, 0.15) is 0 Å². The smallest absolute Gasteiger partial charge is 0.317 e. The summed E-state index contributed by atoms with van der Waals surface area (Å²) in [5, 5.41) is 12.1. The second-order valence-electron chi connectivity index (χ2n) is 6.21. The fraction of sp³-hybridized carbons (Fsp3) is 0.611. The quantitative estimate of drug-likeness (QED) is 0.811. The maximum absolute atomic E-state index is 12.2. The minimum Gasteiger partial charge on any atom is -0.395 e. The number of fused-ring (bicyclic) bond motifs is 1. The van der Waals surface area contributed by atoms with Gasteiger partial charge in [0.25, 0.3) is 0 Å². The third-order valence-corrected chi connectivity index (χ3v) is 4.38. The summed E-state index contributed by atoms with van der Waals surface area (Å²) in [6, 6.07) is 6.35. The van der Waals surface area contributed by atoms with E-state index in [1.165, 1.54) is 17.7 Å². The molecule has 0 unspecified atom stereocenters. The van der Waals surface area contributed by atoms with Crippen LogP contribution in [0.3, 0.4) is 0 Å². The zero-order chi connectivity index (χ0) is 16.7. The van der Waals surface area contributed by atoms with Gasteiger partial charge in [-0.2, -0.15) is 0 Å². The van der Waals surface area contributed by atoms with Crippen LogP contribution in [-0.2, 0) is 13.0 Å². The minimum absolute atomic E-state index is 0.00230. The Morgan fingerprint density at radius 2 is 2.22 bits per heavy atom. The summed E-state index contributed by atoms with van der Waals surface area (Å²) in [5.74, 6) is 0. The number of benzene rings is 1. The number of aryl methyl sites for hydroxylation is 1. The van der Waals surface area contributed by atoms with Gasteiger partial charge in [-0.25, -0.2) is 4.79 Å². The molecule has 2 rings (SSSR count). The molecule has 0 atom stereocenters. The van der Waals surface area contributed by atoms with E-state index in [-0.39, 0.29) is 12.6 Å². The third kappa shape index (κ3) is 4.86. The van der Waals surface area contributed by atoms with E-state index < -0.39 is 0 Å². The maximum Gasteiger partial charge on any atom is 0.317 e. The molecular weight excluding hydrogens is 290 g/mol. The Labute approximate surface area is 139 Å². The molecule has 0 saturated carbocycles. The van der Waals surface area contributed by atoms with E-state index in [0.717, 1.165) is 31.4 Å². The van der Waals surface area contributed by atoms with E-state index in [0.29, 0.717) is 19.6 Å². The summed E-state index contributed by atoms with van der Waals surface area (Å²) in [6.07, 6.45) is 4.28. The number of unbranched alkanes of at least 4 members (excludes halogenated alkanes) is 1. The van der Waals surface area contributed by atoms with Crippen LogP contribution in [0, 0.1) is 0 Å². The number of aliphatic hydroxyl groups is 1. The fourth-order valence-electron chi connectivity index (χ4n) is 3.02. The van der Waals surface area contributed by atoms with Crippen LogP contribution in [0.15, 0.2) is 18.2 Å². The second-order valence-corrected chi connectivity index (χ2v) is 6.21. The number of urea groups is 1. The first-order valence-electron chi connectivity index (χ1n) is 8.62. The van der Waals surface area contributed by atoms with Crippen LogP contribution in [0.4, 0.5) is 10.5 Å². The Morgan fingerprint density at radius 3 is 2.96 bits per heavy atom. The van der Waals surface area contributed by atoms with E-state index in [1.54, 1.807) is 4.90 Å². The van der Waals surface area contributed by atoms with Crippen molar-refractivity contribution in [3.63, 3.8) is 0 Å². The van der Waals surface area contributed by atoms with Crippen molar-refractivity contribution >= 4 is 11.7 Å². The molecule has 2 amide bonds. The molecule has 128 valence electrons. The van der Waals surface area contributed by atoms with Crippen LogP contribution in [-0.4, -0.2) is 49.3 Å². The first kappa shape index (κ1) is 17.6. The van der Waals surface area contributed by atoms with Gasteiger partial charge in [0.15, 0.2) is 0 Å². The van der Waals surface area contributed by atoms with Gasteiger partial charge < -0.3 is 20.2 Å². The van der Waals surface area contributed by atoms with Crippen molar-refractivity contribution in [3.8, 4) is 0 Å². The van der Waals surface area contributed by atoms with Gasteiger partial charge in [-0.05, 0) is 36.5 Å². The van der Waals surface area contributed by atoms with Gasteiger partial charge in [0, 0.05) is 38.9 Å². The van der Waals surface area contributed by atoms with Crippen molar-refractivity contribution in [2.24, 2.45) is 0 Å². The van der Waals surface area contributed by atoms with Crippen molar-refractivity contribution in [2.45, 2.75) is 39.2 Å². The average Bonchev–Trinajstić information content (AvgIpc) is 2.56. The SMILES string of the molecule is CCCCN(CCO)C(=O)NCc1ccc2c(c1)CCCN2C. The molecule has 1 heterocycles. The lowest BCUT2D eigenvalue weighted by Gasteiger charge is -2.28. The van der Waals surface area contributed by atoms with Gasteiger partial charge in [0.05, 0.1) is 6.61 Å². The first-order chi connectivity index (χ1) is 11.2. The van der Waals surface area contributed by atoms with Crippen molar-refractivity contribution in [2.75, 3.05) is 38.2 Å². The Morgan fingerprint density at radius 1 is 1.39 bits per heavy atom. The van der Waals surface area contributed by atoms with E-state index in [9.17, 15) is 4.79 Å².